The Hall–Kier alpha value is -1.84. The molecular weight excluding hydrogens is 204 g/mol. The van der Waals surface area contributed by atoms with Crippen molar-refractivity contribution in [3.63, 3.8) is 0 Å². The largest absolute Gasteiger partial charge is 0.508 e. The van der Waals surface area contributed by atoms with E-state index in [0.717, 1.165) is 29.8 Å². The average Bonchev–Trinajstić information content (AvgIpc) is 3.02. The summed E-state index contributed by atoms with van der Waals surface area (Å²) < 4.78 is 5.22. The van der Waals surface area contributed by atoms with Crippen molar-refractivity contribution < 1.29 is 9.63 Å². The molecule has 1 aliphatic carbocycles. The number of aromatic nitrogens is 2. The van der Waals surface area contributed by atoms with Crippen LogP contribution in [-0.4, -0.2) is 15.2 Å². The van der Waals surface area contributed by atoms with E-state index >= 15 is 0 Å². The van der Waals surface area contributed by atoms with Crippen molar-refractivity contribution in [3.8, 4) is 17.2 Å². The standard InChI is InChI=1S/C12H12N2O2/c1-7-9(3-2-4-10(7)15)12-13-11(14-16-12)8-5-6-8/h2-4,8,15H,5-6H2,1H3. The number of phenols is 1. The number of aromatic hydroxyl groups is 1. The zero-order chi connectivity index (χ0) is 11.1. The number of hydrogen-bond donors (Lipinski definition) is 1. The molecule has 0 atom stereocenters. The second-order valence-corrected chi connectivity index (χ2v) is 4.18. The first kappa shape index (κ1) is 9.39. The summed E-state index contributed by atoms with van der Waals surface area (Å²) in [4.78, 5) is 4.36. The molecule has 0 aliphatic heterocycles. The average molecular weight is 216 g/mol. The normalized spacial score (nSPS) is 15.3. The van der Waals surface area contributed by atoms with Gasteiger partial charge in [-0.3, -0.25) is 0 Å². The highest BCUT2D eigenvalue weighted by Gasteiger charge is 2.29. The minimum atomic E-state index is 0.253. The van der Waals surface area contributed by atoms with E-state index in [-0.39, 0.29) is 5.75 Å². The third kappa shape index (κ3) is 1.46. The molecule has 3 rings (SSSR count). The summed E-state index contributed by atoms with van der Waals surface area (Å²) in [5.74, 6) is 2.02. The predicted molar refractivity (Wildman–Crippen MR) is 58.1 cm³/mol. The van der Waals surface area contributed by atoms with Crippen LogP contribution in [0.25, 0.3) is 11.5 Å². The monoisotopic (exact) mass is 216 g/mol. The van der Waals surface area contributed by atoms with Crippen molar-refractivity contribution in [2.24, 2.45) is 0 Å². The van der Waals surface area contributed by atoms with Crippen LogP contribution in [0.2, 0.25) is 0 Å². The maximum atomic E-state index is 9.60. The molecule has 1 fully saturated rings. The van der Waals surface area contributed by atoms with E-state index in [1.807, 2.05) is 13.0 Å². The molecule has 1 aromatic carbocycles. The van der Waals surface area contributed by atoms with Gasteiger partial charge in [-0.2, -0.15) is 4.98 Å². The summed E-state index contributed by atoms with van der Waals surface area (Å²) in [5, 5.41) is 13.6. The van der Waals surface area contributed by atoms with E-state index in [2.05, 4.69) is 10.1 Å². The Morgan fingerprint density at radius 2 is 2.19 bits per heavy atom. The fraction of sp³-hybridized carbons (Fsp3) is 0.333. The highest BCUT2D eigenvalue weighted by molar-refractivity contribution is 5.61. The van der Waals surface area contributed by atoms with Crippen LogP contribution < -0.4 is 0 Å². The molecule has 1 aliphatic rings. The summed E-state index contributed by atoms with van der Waals surface area (Å²) >= 11 is 0. The molecule has 0 spiro atoms. The molecule has 0 unspecified atom stereocenters. The Morgan fingerprint density at radius 1 is 1.38 bits per heavy atom. The Labute approximate surface area is 92.9 Å². The van der Waals surface area contributed by atoms with E-state index in [0.29, 0.717) is 11.8 Å². The third-order valence-corrected chi connectivity index (χ3v) is 2.92. The third-order valence-electron chi connectivity index (χ3n) is 2.92. The molecule has 0 radical (unpaired) electrons. The van der Waals surface area contributed by atoms with Crippen LogP contribution >= 0.6 is 0 Å². The molecule has 16 heavy (non-hydrogen) atoms. The Balaban J connectivity index is 2.03. The van der Waals surface area contributed by atoms with Crippen LogP contribution in [0.3, 0.4) is 0 Å². The smallest absolute Gasteiger partial charge is 0.258 e. The first-order valence-electron chi connectivity index (χ1n) is 5.38. The highest BCUT2D eigenvalue weighted by Crippen LogP contribution is 2.39. The molecular formula is C12H12N2O2. The lowest BCUT2D eigenvalue weighted by atomic mass is 10.1. The van der Waals surface area contributed by atoms with Crippen LogP contribution in [0.4, 0.5) is 0 Å². The van der Waals surface area contributed by atoms with Gasteiger partial charge in [-0.15, -0.1) is 0 Å². The van der Waals surface area contributed by atoms with Crippen molar-refractivity contribution in [1.82, 2.24) is 10.1 Å². The van der Waals surface area contributed by atoms with Gasteiger partial charge in [0.2, 0.25) is 0 Å². The van der Waals surface area contributed by atoms with Gasteiger partial charge < -0.3 is 9.63 Å². The summed E-state index contributed by atoms with van der Waals surface area (Å²) in [6.45, 7) is 1.84. The second-order valence-electron chi connectivity index (χ2n) is 4.18. The molecule has 0 amide bonds. The zero-order valence-electron chi connectivity index (χ0n) is 8.97. The van der Waals surface area contributed by atoms with E-state index in [4.69, 9.17) is 4.52 Å². The Morgan fingerprint density at radius 3 is 2.94 bits per heavy atom. The highest BCUT2D eigenvalue weighted by atomic mass is 16.5. The van der Waals surface area contributed by atoms with E-state index in [1.165, 1.54) is 0 Å². The molecule has 1 heterocycles. The molecule has 1 aromatic heterocycles. The van der Waals surface area contributed by atoms with E-state index < -0.39 is 0 Å². The van der Waals surface area contributed by atoms with Crippen LogP contribution in [0.5, 0.6) is 5.75 Å². The maximum Gasteiger partial charge on any atom is 0.258 e. The quantitative estimate of drug-likeness (QED) is 0.838. The van der Waals surface area contributed by atoms with Gasteiger partial charge in [-0.05, 0) is 31.9 Å². The van der Waals surface area contributed by atoms with Crippen molar-refractivity contribution in [2.75, 3.05) is 0 Å². The van der Waals surface area contributed by atoms with Gasteiger partial charge in [0.05, 0.1) is 0 Å². The number of rotatable bonds is 2. The number of hydrogen-bond acceptors (Lipinski definition) is 4. The lowest BCUT2D eigenvalue weighted by molar-refractivity contribution is 0.421. The molecule has 1 N–H and O–H groups in total. The topological polar surface area (TPSA) is 59.2 Å². The van der Waals surface area contributed by atoms with Crippen LogP contribution in [-0.2, 0) is 0 Å². The molecule has 82 valence electrons. The van der Waals surface area contributed by atoms with E-state index in [1.54, 1.807) is 12.1 Å². The fourth-order valence-electron chi connectivity index (χ4n) is 1.71. The minimum absolute atomic E-state index is 0.253. The summed E-state index contributed by atoms with van der Waals surface area (Å²) in [6, 6.07) is 5.30. The van der Waals surface area contributed by atoms with Crippen LogP contribution in [0, 0.1) is 6.92 Å². The first-order valence-corrected chi connectivity index (χ1v) is 5.38. The number of benzene rings is 1. The second kappa shape index (κ2) is 3.33. The van der Waals surface area contributed by atoms with Crippen molar-refractivity contribution in [3.05, 3.63) is 29.6 Å². The SMILES string of the molecule is Cc1c(O)cccc1-c1nc(C2CC2)no1. The number of phenolic OH excluding ortho intramolecular Hbond substituents is 1. The molecule has 2 aromatic rings. The summed E-state index contributed by atoms with van der Waals surface area (Å²) in [7, 11) is 0. The molecule has 0 saturated heterocycles. The Kier molecular flexibility index (Phi) is 1.96. The maximum absolute atomic E-state index is 9.60. The first-order chi connectivity index (χ1) is 7.75. The van der Waals surface area contributed by atoms with Crippen molar-refractivity contribution in [1.29, 1.82) is 0 Å². The lowest BCUT2D eigenvalue weighted by Gasteiger charge is -2.01. The van der Waals surface area contributed by atoms with Gasteiger partial charge in [0.25, 0.3) is 5.89 Å². The van der Waals surface area contributed by atoms with Crippen LogP contribution in [0.1, 0.15) is 30.1 Å². The molecule has 4 nitrogen and oxygen atoms in total. The van der Waals surface area contributed by atoms with Crippen molar-refractivity contribution >= 4 is 0 Å². The van der Waals surface area contributed by atoms with Gasteiger partial charge >= 0.3 is 0 Å². The molecule has 0 bridgehead atoms. The molecule has 4 heteroatoms. The van der Waals surface area contributed by atoms with Gasteiger partial charge in [0, 0.05) is 17.0 Å². The van der Waals surface area contributed by atoms with Gasteiger partial charge in [-0.25, -0.2) is 0 Å². The van der Waals surface area contributed by atoms with Crippen LogP contribution in [0.15, 0.2) is 22.7 Å². The lowest BCUT2D eigenvalue weighted by Crippen LogP contribution is -1.85. The fourth-order valence-corrected chi connectivity index (χ4v) is 1.71. The van der Waals surface area contributed by atoms with Crippen molar-refractivity contribution in [2.45, 2.75) is 25.7 Å². The Bertz CT molecular complexity index is 530. The zero-order valence-corrected chi connectivity index (χ0v) is 8.97. The van der Waals surface area contributed by atoms with Gasteiger partial charge in [-0.1, -0.05) is 11.2 Å². The summed E-state index contributed by atoms with van der Waals surface area (Å²) in [5.41, 5.74) is 1.58. The molecule has 1 saturated carbocycles. The van der Waals surface area contributed by atoms with Gasteiger partial charge in [0.1, 0.15) is 5.75 Å². The number of nitrogens with zero attached hydrogens (tertiary/aromatic N) is 2. The summed E-state index contributed by atoms with van der Waals surface area (Å²) in [6.07, 6.45) is 2.30. The predicted octanol–water partition coefficient (Wildman–Crippen LogP) is 2.63. The van der Waals surface area contributed by atoms with Gasteiger partial charge in [0.15, 0.2) is 5.82 Å². The minimum Gasteiger partial charge on any atom is -0.508 e. The van der Waals surface area contributed by atoms with E-state index in [9.17, 15) is 5.11 Å².